The molecule has 1 heterocycles. The average Bonchev–Trinajstić information content (AvgIpc) is 2.48. The Morgan fingerprint density at radius 2 is 1.95 bits per heavy atom. The third-order valence-electron chi connectivity index (χ3n) is 2.97. The summed E-state index contributed by atoms with van der Waals surface area (Å²) in [5.74, 6) is 0.269. The van der Waals surface area contributed by atoms with E-state index in [1.54, 1.807) is 18.3 Å². The summed E-state index contributed by atoms with van der Waals surface area (Å²) in [5.41, 5.74) is 1.62. The van der Waals surface area contributed by atoms with E-state index in [4.69, 9.17) is 16.3 Å². The first kappa shape index (κ1) is 12.9. The fraction of sp³-hybridized carbons (Fsp3) is 0.0625. The van der Waals surface area contributed by atoms with Crippen molar-refractivity contribution in [3.63, 3.8) is 0 Å². The van der Waals surface area contributed by atoms with Crippen LogP contribution in [0.5, 0.6) is 5.75 Å². The van der Waals surface area contributed by atoms with Gasteiger partial charge >= 0.3 is 0 Å². The Labute approximate surface area is 120 Å². The molecule has 2 aromatic carbocycles. The van der Waals surface area contributed by atoms with Crippen molar-refractivity contribution >= 4 is 22.5 Å². The van der Waals surface area contributed by atoms with Crippen LogP contribution < -0.4 is 4.74 Å². The van der Waals surface area contributed by atoms with Crippen molar-refractivity contribution in [3.8, 4) is 5.75 Å². The maximum absolute atomic E-state index is 13.1. The predicted octanol–water partition coefficient (Wildman–Crippen LogP) is 4.61. The van der Waals surface area contributed by atoms with Gasteiger partial charge in [0.15, 0.2) is 0 Å². The number of hydrogen-bond donors (Lipinski definition) is 0. The van der Waals surface area contributed by atoms with Crippen LogP contribution in [0, 0.1) is 5.82 Å². The van der Waals surface area contributed by atoms with Gasteiger partial charge < -0.3 is 4.74 Å². The summed E-state index contributed by atoms with van der Waals surface area (Å²) in [6.45, 7) is 0.315. The van der Waals surface area contributed by atoms with Crippen LogP contribution >= 0.6 is 11.6 Å². The zero-order chi connectivity index (χ0) is 13.9. The van der Waals surface area contributed by atoms with Crippen molar-refractivity contribution in [2.75, 3.05) is 0 Å². The van der Waals surface area contributed by atoms with Gasteiger partial charge in [-0.25, -0.2) is 4.39 Å². The highest BCUT2D eigenvalue weighted by atomic mass is 35.5. The van der Waals surface area contributed by atoms with Gasteiger partial charge in [-0.1, -0.05) is 35.9 Å². The van der Waals surface area contributed by atoms with Crippen molar-refractivity contribution in [1.82, 2.24) is 4.98 Å². The van der Waals surface area contributed by atoms with Gasteiger partial charge in [0.1, 0.15) is 23.7 Å². The van der Waals surface area contributed by atoms with Gasteiger partial charge in [-0.2, -0.15) is 0 Å². The summed E-state index contributed by atoms with van der Waals surface area (Å²) in [6, 6.07) is 14.2. The van der Waals surface area contributed by atoms with Crippen LogP contribution in [0.1, 0.15) is 5.56 Å². The van der Waals surface area contributed by atoms with Gasteiger partial charge in [0, 0.05) is 11.6 Å². The maximum atomic E-state index is 13.1. The van der Waals surface area contributed by atoms with Crippen LogP contribution in [-0.4, -0.2) is 4.98 Å². The molecule has 20 heavy (non-hydrogen) atoms. The molecule has 3 rings (SSSR count). The molecular weight excluding hydrogens is 277 g/mol. The first-order chi connectivity index (χ1) is 9.74. The molecule has 0 saturated carbocycles. The number of ether oxygens (including phenoxy) is 1. The average molecular weight is 288 g/mol. The second-order valence-electron chi connectivity index (χ2n) is 4.37. The zero-order valence-corrected chi connectivity index (χ0v) is 11.3. The molecule has 0 saturated heterocycles. The van der Waals surface area contributed by atoms with Crippen LogP contribution in [0.4, 0.5) is 4.39 Å². The van der Waals surface area contributed by atoms with Gasteiger partial charge in [0.05, 0.1) is 5.02 Å². The molecular formula is C16H11ClFNO. The topological polar surface area (TPSA) is 22.1 Å². The number of benzene rings is 2. The van der Waals surface area contributed by atoms with Gasteiger partial charge in [-0.05, 0) is 29.8 Å². The van der Waals surface area contributed by atoms with Gasteiger partial charge in [-0.3, -0.25) is 4.98 Å². The maximum Gasteiger partial charge on any atom is 0.146 e. The summed E-state index contributed by atoms with van der Waals surface area (Å²) in [5, 5.41) is 1.12. The number of pyridine rings is 1. The molecule has 3 aromatic rings. The molecule has 0 radical (unpaired) electrons. The summed E-state index contributed by atoms with van der Waals surface area (Å²) >= 11 is 5.75. The highest BCUT2D eigenvalue weighted by molar-refractivity contribution is 6.30. The molecule has 0 unspecified atom stereocenters. The highest BCUT2D eigenvalue weighted by Crippen LogP contribution is 2.24. The van der Waals surface area contributed by atoms with Crippen LogP contribution in [0.15, 0.2) is 54.7 Å². The van der Waals surface area contributed by atoms with Crippen LogP contribution in [0.2, 0.25) is 5.02 Å². The summed E-state index contributed by atoms with van der Waals surface area (Å²) in [4.78, 5) is 4.31. The first-order valence-corrected chi connectivity index (χ1v) is 6.52. The number of nitrogens with zero attached hydrogens (tertiary/aromatic N) is 1. The molecule has 0 amide bonds. The van der Waals surface area contributed by atoms with Crippen LogP contribution in [-0.2, 0) is 6.61 Å². The monoisotopic (exact) mass is 287 g/mol. The van der Waals surface area contributed by atoms with E-state index >= 15 is 0 Å². The Morgan fingerprint density at radius 1 is 1.10 bits per heavy atom. The third kappa shape index (κ3) is 2.58. The molecule has 0 spiro atoms. The minimum atomic E-state index is -0.428. The normalized spacial score (nSPS) is 10.7. The SMILES string of the molecule is Fc1ccc(COc2cccc3cccnc23)cc1Cl. The largest absolute Gasteiger partial charge is 0.487 e. The van der Waals surface area contributed by atoms with Gasteiger partial charge in [0.2, 0.25) is 0 Å². The van der Waals surface area contributed by atoms with E-state index in [1.807, 2.05) is 30.3 Å². The second-order valence-corrected chi connectivity index (χ2v) is 4.78. The van der Waals surface area contributed by atoms with Gasteiger partial charge in [-0.15, -0.1) is 0 Å². The molecule has 0 aliphatic heterocycles. The molecule has 100 valence electrons. The lowest BCUT2D eigenvalue weighted by molar-refractivity contribution is 0.309. The summed E-state index contributed by atoms with van der Waals surface area (Å²) < 4.78 is 18.8. The zero-order valence-electron chi connectivity index (χ0n) is 10.5. The minimum absolute atomic E-state index is 0.0992. The Hall–Kier alpha value is -2.13. The minimum Gasteiger partial charge on any atom is -0.487 e. The molecule has 0 bridgehead atoms. The molecule has 1 aromatic heterocycles. The van der Waals surface area contributed by atoms with E-state index in [-0.39, 0.29) is 5.02 Å². The number of rotatable bonds is 3. The summed E-state index contributed by atoms with van der Waals surface area (Å²) in [6.07, 6.45) is 1.73. The second kappa shape index (κ2) is 5.47. The number of halogens is 2. The van der Waals surface area contributed by atoms with Crippen LogP contribution in [0.25, 0.3) is 10.9 Å². The molecule has 0 fully saturated rings. The van der Waals surface area contributed by atoms with Crippen molar-refractivity contribution < 1.29 is 9.13 Å². The first-order valence-electron chi connectivity index (χ1n) is 6.14. The Kier molecular flexibility index (Phi) is 3.52. The predicted molar refractivity (Wildman–Crippen MR) is 77.5 cm³/mol. The smallest absolute Gasteiger partial charge is 0.146 e. The van der Waals surface area contributed by atoms with E-state index in [9.17, 15) is 4.39 Å². The van der Waals surface area contributed by atoms with E-state index in [0.29, 0.717) is 12.4 Å². The van der Waals surface area contributed by atoms with E-state index < -0.39 is 5.82 Å². The number of para-hydroxylation sites is 1. The standard InChI is InChI=1S/C16H11ClFNO/c17-13-9-11(6-7-14(13)18)10-20-15-5-1-3-12-4-2-8-19-16(12)15/h1-9H,10H2. The Bertz CT molecular complexity index is 755. The lowest BCUT2D eigenvalue weighted by Gasteiger charge is -2.09. The quantitative estimate of drug-likeness (QED) is 0.702. The van der Waals surface area contributed by atoms with E-state index in [1.165, 1.54) is 6.07 Å². The molecule has 0 aliphatic carbocycles. The number of fused-ring (bicyclic) bond motifs is 1. The molecule has 0 atom stereocenters. The van der Waals surface area contributed by atoms with Crippen LogP contribution in [0.3, 0.4) is 0 Å². The van der Waals surface area contributed by atoms with Crippen molar-refractivity contribution in [3.05, 3.63) is 71.1 Å². The molecule has 0 N–H and O–H groups in total. The third-order valence-corrected chi connectivity index (χ3v) is 3.26. The van der Waals surface area contributed by atoms with E-state index in [2.05, 4.69) is 4.98 Å². The fourth-order valence-corrected chi connectivity index (χ4v) is 2.19. The lowest BCUT2D eigenvalue weighted by Crippen LogP contribution is -1.97. The van der Waals surface area contributed by atoms with Crippen molar-refractivity contribution in [2.45, 2.75) is 6.61 Å². The van der Waals surface area contributed by atoms with E-state index in [0.717, 1.165) is 16.5 Å². The lowest BCUT2D eigenvalue weighted by atomic mass is 10.2. The molecule has 2 nitrogen and oxygen atoms in total. The summed E-state index contributed by atoms with van der Waals surface area (Å²) in [7, 11) is 0. The highest BCUT2D eigenvalue weighted by Gasteiger charge is 2.05. The Balaban J connectivity index is 1.85. The number of hydrogen-bond acceptors (Lipinski definition) is 2. The Morgan fingerprint density at radius 3 is 2.80 bits per heavy atom. The number of aromatic nitrogens is 1. The van der Waals surface area contributed by atoms with Crippen molar-refractivity contribution in [2.24, 2.45) is 0 Å². The van der Waals surface area contributed by atoms with Crippen molar-refractivity contribution in [1.29, 1.82) is 0 Å². The molecule has 4 heteroatoms. The molecule has 0 aliphatic rings. The fourth-order valence-electron chi connectivity index (χ4n) is 1.98. The van der Waals surface area contributed by atoms with Gasteiger partial charge in [0.25, 0.3) is 0 Å².